The quantitative estimate of drug-likeness (QED) is 0.462. The molecule has 4 N–H and O–H groups in total. The van der Waals surface area contributed by atoms with E-state index in [2.05, 4.69) is 5.32 Å². The second kappa shape index (κ2) is 4.09. The summed E-state index contributed by atoms with van der Waals surface area (Å²) in [5, 5.41) is 12.8. The highest BCUT2D eigenvalue weighted by molar-refractivity contribution is 6.31. The fraction of sp³-hybridized carbons (Fsp3) is 0.0667. The van der Waals surface area contributed by atoms with Crippen molar-refractivity contribution in [3.05, 3.63) is 52.6 Å². The summed E-state index contributed by atoms with van der Waals surface area (Å²) in [5.41, 5.74) is 7.18. The lowest BCUT2D eigenvalue weighted by Gasteiger charge is -2.21. The Balaban J connectivity index is 2.39. The van der Waals surface area contributed by atoms with E-state index in [9.17, 15) is 14.7 Å². The van der Waals surface area contributed by atoms with Crippen LogP contribution in [0.4, 0.5) is 11.4 Å². The summed E-state index contributed by atoms with van der Waals surface area (Å²) in [7, 11) is 1.63. The van der Waals surface area contributed by atoms with Crippen LogP contribution in [0.2, 0.25) is 0 Å². The minimum atomic E-state index is -0.387. The molecular formula is C15H12N2O3. The number of phenolic OH excluding ortho intramolecular Hbond substituents is 1. The van der Waals surface area contributed by atoms with Crippen molar-refractivity contribution >= 4 is 22.9 Å². The fourth-order valence-corrected chi connectivity index (χ4v) is 2.51. The molecule has 3 rings (SSSR count). The number of hydrogen-bond donors (Lipinski definition) is 3. The SMILES string of the molecule is CNc1cc(O)c2c(c1N)C(=O)c1ccccc1C2=O. The standard InChI is InChI=1S/C15H12N2O3/c1-17-9-6-10(18)11-12(13(9)16)15(20)8-5-3-2-4-7(8)14(11)19/h2-6,17-18H,16H2,1H3. The van der Waals surface area contributed by atoms with Gasteiger partial charge in [-0.15, -0.1) is 0 Å². The molecule has 2 aromatic rings. The fourth-order valence-electron chi connectivity index (χ4n) is 2.51. The number of aromatic hydroxyl groups is 1. The van der Waals surface area contributed by atoms with Gasteiger partial charge in [0, 0.05) is 24.2 Å². The third kappa shape index (κ3) is 1.43. The predicted octanol–water partition coefficient (Wildman–Crippen LogP) is 1.79. The minimum Gasteiger partial charge on any atom is -0.507 e. The zero-order valence-corrected chi connectivity index (χ0v) is 10.7. The second-order valence-corrected chi connectivity index (χ2v) is 4.56. The highest BCUT2D eigenvalue weighted by Gasteiger charge is 2.34. The van der Waals surface area contributed by atoms with E-state index in [-0.39, 0.29) is 39.7 Å². The first-order chi connectivity index (χ1) is 9.56. The molecule has 1 aliphatic carbocycles. The summed E-state index contributed by atoms with van der Waals surface area (Å²) in [4.78, 5) is 25.0. The first kappa shape index (κ1) is 12.2. The molecular weight excluding hydrogens is 256 g/mol. The molecule has 20 heavy (non-hydrogen) atoms. The normalized spacial score (nSPS) is 12.8. The summed E-state index contributed by atoms with van der Waals surface area (Å²) in [6.07, 6.45) is 0. The molecule has 0 unspecified atom stereocenters. The molecule has 0 atom stereocenters. The first-order valence-corrected chi connectivity index (χ1v) is 6.08. The molecule has 1 aliphatic rings. The molecule has 0 aromatic heterocycles. The predicted molar refractivity (Wildman–Crippen MR) is 75.4 cm³/mol. The van der Waals surface area contributed by atoms with Gasteiger partial charge in [0.25, 0.3) is 0 Å². The number of nitrogen functional groups attached to an aromatic ring is 1. The van der Waals surface area contributed by atoms with Gasteiger partial charge in [-0.3, -0.25) is 9.59 Å². The topological polar surface area (TPSA) is 92.4 Å². The van der Waals surface area contributed by atoms with Gasteiger partial charge in [-0.25, -0.2) is 0 Å². The Morgan fingerprint density at radius 1 is 1.05 bits per heavy atom. The molecule has 0 amide bonds. The Morgan fingerprint density at radius 3 is 2.15 bits per heavy atom. The lowest BCUT2D eigenvalue weighted by molar-refractivity contribution is 0.0977. The monoisotopic (exact) mass is 268 g/mol. The van der Waals surface area contributed by atoms with Crippen LogP contribution in [0.5, 0.6) is 5.75 Å². The molecule has 0 heterocycles. The van der Waals surface area contributed by atoms with Crippen LogP contribution < -0.4 is 11.1 Å². The molecule has 5 heteroatoms. The van der Waals surface area contributed by atoms with Crippen LogP contribution in [0.25, 0.3) is 0 Å². The summed E-state index contributed by atoms with van der Waals surface area (Å²) >= 11 is 0. The molecule has 0 radical (unpaired) electrons. The van der Waals surface area contributed by atoms with Gasteiger partial charge in [0.15, 0.2) is 11.6 Å². The second-order valence-electron chi connectivity index (χ2n) is 4.56. The van der Waals surface area contributed by atoms with Crippen molar-refractivity contribution in [3.63, 3.8) is 0 Å². The molecule has 0 saturated heterocycles. The summed E-state index contributed by atoms with van der Waals surface area (Å²) in [6, 6.07) is 7.87. The summed E-state index contributed by atoms with van der Waals surface area (Å²) < 4.78 is 0. The highest BCUT2D eigenvalue weighted by atomic mass is 16.3. The number of nitrogens with two attached hydrogens (primary N) is 1. The van der Waals surface area contributed by atoms with E-state index in [1.165, 1.54) is 6.07 Å². The smallest absolute Gasteiger partial charge is 0.198 e. The van der Waals surface area contributed by atoms with E-state index in [0.29, 0.717) is 11.3 Å². The maximum Gasteiger partial charge on any atom is 0.198 e. The molecule has 0 aliphatic heterocycles. The van der Waals surface area contributed by atoms with E-state index in [1.807, 2.05) is 0 Å². The Bertz CT molecular complexity index is 766. The van der Waals surface area contributed by atoms with Crippen molar-refractivity contribution in [1.82, 2.24) is 0 Å². The van der Waals surface area contributed by atoms with E-state index >= 15 is 0 Å². The third-order valence-electron chi connectivity index (χ3n) is 3.49. The average Bonchev–Trinajstić information content (AvgIpc) is 2.46. The van der Waals surface area contributed by atoms with Gasteiger partial charge in [-0.05, 0) is 0 Å². The molecule has 0 fully saturated rings. The highest BCUT2D eigenvalue weighted by Crippen LogP contribution is 2.39. The van der Waals surface area contributed by atoms with Gasteiger partial charge < -0.3 is 16.2 Å². The zero-order valence-electron chi connectivity index (χ0n) is 10.7. The van der Waals surface area contributed by atoms with Crippen LogP contribution in [0.15, 0.2) is 30.3 Å². The summed E-state index contributed by atoms with van der Waals surface area (Å²) in [6.45, 7) is 0. The lowest BCUT2D eigenvalue weighted by atomic mass is 9.82. The van der Waals surface area contributed by atoms with Crippen LogP contribution in [0.1, 0.15) is 31.8 Å². The first-order valence-electron chi connectivity index (χ1n) is 6.08. The Kier molecular flexibility index (Phi) is 2.50. The van der Waals surface area contributed by atoms with E-state index in [4.69, 9.17) is 5.73 Å². The van der Waals surface area contributed by atoms with E-state index < -0.39 is 0 Å². The number of carbonyl (C=O) groups excluding carboxylic acids is 2. The van der Waals surface area contributed by atoms with Gasteiger partial charge in [0.05, 0.1) is 22.5 Å². The number of rotatable bonds is 1. The number of fused-ring (bicyclic) bond motifs is 2. The van der Waals surface area contributed by atoms with Crippen LogP contribution in [0.3, 0.4) is 0 Å². The van der Waals surface area contributed by atoms with Crippen LogP contribution in [-0.2, 0) is 0 Å². The van der Waals surface area contributed by atoms with Crippen LogP contribution >= 0.6 is 0 Å². The van der Waals surface area contributed by atoms with Crippen LogP contribution in [-0.4, -0.2) is 23.7 Å². The molecule has 0 spiro atoms. The van der Waals surface area contributed by atoms with Crippen molar-refractivity contribution in [3.8, 4) is 5.75 Å². The van der Waals surface area contributed by atoms with E-state index in [1.54, 1.807) is 31.3 Å². The largest absolute Gasteiger partial charge is 0.507 e. The molecule has 0 bridgehead atoms. The van der Waals surface area contributed by atoms with Gasteiger partial charge in [0.1, 0.15) is 5.75 Å². The number of anilines is 2. The number of carbonyl (C=O) groups is 2. The van der Waals surface area contributed by atoms with Crippen molar-refractivity contribution in [2.75, 3.05) is 18.1 Å². The number of hydrogen-bond acceptors (Lipinski definition) is 5. The lowest BCUT2D eigenvalue weighted by Crippen LogP contribution is -2.23. The number of nitrogens with one attached hydrogen (secondary N) is 1. The Hall–Kier alpha value is -2.82. The Morgan fingerprint density at radius 2 is 1.60 bits per heavy atom. The number of phenols is 1. The van der Waals surface area contributed by atoms with Gasteiger partial charge in [0.2, 0.25) is 0 Å². The molecule has 2 aromatic carbocycles. The third-order valence-corrected chi connectivity index (χ3v) is 3.49. The van der Waals surface area contributed by atoms with Crippen molar-refractivity contribution in [2.45, 2.75) is 0 Å². The van der Waals surface area contributed by atoms with Crippen molar-refractivity contribution in [1.29, 1.82) is 0 Å². The number of ketones is 2. The van der Waals surface area contributed by atoms with Crippen LogP contribution in [0, 0.1) is 0 Å². The average molecular weight is 268 g/mol. The van der Waals surface area contributed by atoms with Crippen molar-refractivity contribution in [2.24, 2.45) is 0 Å². The van der Waals surface area contributed by atoms with Gasteiger partial charge in [-0.2, -0.15) is 0 Å². The zero-order chi connectivity index (χ0) is 14.4. The molecule has 0 saturated carbocycles. The van der Waals surface area contributed by atoms with Gasteiger partial charge >= 0.3 is 0 Å². The van der Waals surface area contributed by atoms with Gasteiger partial charge in [-0.1, -0.05) is 24.3 Å². The summed E-state index contributed by atoms with van der Waals surface area (Å²) in [5.74, 6) is -0.978. The maximum absolute atomic E-state index is 12.5. The molecule has 100 valence electrons. The Labute approximate surface area is 115 Å². The molecule has 5 nitrogen and oxygen atoms in total. The van der Waals surface area contributed by atoms with Crippen molar-refractivity contribution < 1.29 is 14.7 Å². The maximum atomic E-state index is 12.5. The number of benzene rings is 2. The van der Waals surface area contributed by atoms with E-state index in [0.717, 1.165) is 0 Å². The minimum absolute atomic E-state index is 0.0230.